The predicted octanol–water partition coefficient (Wildman–Crippen LogP) is 5.08. The molecule has 0 bridgehead atoms. The number of hydrogen-bond donors (Lipinski definition) is 0. The smallest absolute Gasteiger partial charge is 0.268 e. The van der Waals surface area contributed by atoms with Crippen molar-refractivity contribution in [2.24, 2.45) is 0 Å². The molecule has 0 atom stereocenters. The molecule has 36 heavy (non-hydrogen) atoms. The first kappa shape index (κ1) is 25.6. The van der Waals surface area contributed by atoms with E-state index in [2.05, 4.69) is 5.10 Å². The Labute approximate surface area is 210 Å². The molecular formula is C27H30FN3O4S. The maximum absolute atomic E-state index is 15.1. The van der Waals surface area contributed by atoms with Gasteiger partial charge in [-0.05, 0) is 62.9 Å². The summed E-state index contributed by atoms with van der Waals surface area (Å²) in [6, 6.07) is 11.2. The van der Waals surface area contributed by atoms with Gasteiger partial charge >= 0.3 is 0 Å². The summed E-state index contributed by atoms with van der Waals surface area (Å²) < 4.78 is 50.6. The fourth-order valence-electron chi connectivity index (χ4n) is 4.09. The molecule has 4 rings (SSSR count). The lowest BCUT2D eigenvalue weighted by Crippen LogP contribution is -2.12. The highest BCUT2D eigenvalue weighted by molar-refractivity contribution is 7.90. The fraction of sp³-hybridized carbons (Fsp3) is 0.333. The van der Waals surface area contributed by atoms with Gasteiger partial charge in [0, 0.05) is 30.3 Å². The Morgan fingerprint density at radius 2 is 1.89 bits per heavy atom. The number of carbonyl (C=O) groups is 1. The average Bonchev–Trinajstić information content (AvgIpc) is 3.44. The van der Waals surface area contributed by atoms with Gasteiger partial charge in [0.15, 0.2) is 11.6 Å². The van der Waals surface area contributed by atoms with Crippen molar-refractivity contribution >= 4 is 26.7 Å². The number of Topliss-reactive ketones (excluding diaryl/α,β-unsaturated/α-hetero) is 1. The predicted molar refractivity (Wildman–Crippen MR) is 136 cm³/mol. The van der Waals surface area contributed by atoms with E-state index in [4.69, 9.17) is 4.74 Å². The summed E-state index contributed by atoms with van der Waals surface area (Å²) >= 11 is 0. The normalized spacial score (nSPS) is 11.8. The van der Waals surface area contributed by atoms with Crippen molar-refractivity contribution in [2.45, 2.75) is 57.9 Å². The summed E-state index contributed by atoms with van der Waals surface area (Å²) in [5.74, 6) is -0.541. The summed E-state index contributed by atoms with van der Waals surface area (Å²) in [6.07, 6.45) is 5.63. The van der Waals surface area contributed by atoms with Crippen molar-refractivity contribution in [1.82, 2.24) is 13.8 Å². The first-order chi connectivity index (χ1) is 17.2. The highest BCUT2D eigenvalue weighted by Crippen LogP contribution is 2.32. The van der Waals surface area contributed by atoms with E-state index in [0.29, 0.717) is 36.8 Å². The van der Waals surface area contributed by atoms with E-state index in [-0.39, 0.29) is 28.6 Å². The number of aryl methyl sites for hydroxylation is 3. The summed E-state index contributed by atoms with van der Waals surface area (Å²) in [5, 5.41) is 4.99. The van der Waals surface area contributed by atoms with E-state index in [0.717, 1.165) is 21.7 Å². The van der Waals surface area contributed by atoms with Gasteiger partial charge in [-0.15, -0.1) is 0 Å². The van der Waals surface area contributed by atoms with Crippen molar-refractivity contribution in [3.8, 4) is 5.75 Å². The van der Waals surface area contributed by atoms with Gasteiger partial charge in [0.1, 0.15) is 12.4 Å². The number of ketones is 1. The Hall–Kier alpha value is -3.46. The summed E-state index contributed by atoms with van der Waals surface area (Å²) in [6.45, 7) is 6.07. The third kappa shape index (κ3) is 5.51. The number of aromatic nitrogens is 3. The topological polar surface area (TPSA) is 83.2 Å². The van der Waals surface area contributed by atoms with E-state index in [1.165, 1.54) is 19.2 Å². The van der Waals surface area contributed by atoms with Crippen LogP contribution in [0.4, 0.5) is 4.39 Å². The Morgan fingerprint density at radius 1 is 1.14 bits per heavy atom. The highest BCUT2D eigenvalue weighted by Gasteiger charge is 2.23. The van der Waals surface area contributed by atoms with Crippen molar-refractivity contribution < 1.29 is 22.3 Å². The molecular weight excluding hydrogens is 481 g/mol. The number of benzene rings is 2. The lowest BCUT2D eigenvalue weighted by atomic mass is 10.1. The summed E-state index contributed by atoms with van der Waals surface area (Å²) in [7, 11) is -3.96. The van der Waals surface area contributed by atoms with Crippen LogP contribution in [0.3, 0.4) is 0 Å². The molecule has 2 heterocycles. The van der Waals surface area contributed by atoms with Crippen molar-refractivity contribution in [3.63, 3.8) is 0 Å². The molecule has 0 aliphatic rings. The van der Waals surface area contributed by atoms with Crippen LogP contribution in [-0.4, -0.2) is 34.6 Å². The van der Waals surface area contributed by atoms with Crippen molar-refractivity contribution in [1.29, 1.82) is 0 Å². The summed E-state index contributed by atoms with van der Waals surface area (Å²) in [4.78, 5) is 11.6. The quantitative estimate of drug-likeness (QED) is 0.281. The maximum atomic E-state index is 15.1. The average molecular weight is 512 g/mol. The van der Waals surface area contributed by atoms with Crippen LogP contribution in [0, 0.1) is 12.7 Å². The Kier molecular flexibility index (Phi) is 7.59. The Bertz CT molecular complexity index is 1490. The van der Waals surface area contributed by atoms with E-state index < -0.39 is 15.8 Å². The second-order valence-corrected chi connectivity index (χ2v) is 10.7. The van der Waals surface area contributed by atoms with Crippen LogP contribution in [0.15, 0.2) is 59.8 Å². The van der Waals surface area contributed by atoms with Crippen LogP contribution in [0.2, 0.25) is 0 Å². The molecule has 2 aromatic heterocycles. The van der Waals surface area contributed by atoms with Crippen LogP contribution in [-0.2, 0) is 34.2 Å². The fourth-order valence-corrected chi connectivity index (χ4v) is 5.47. The van der Waals surface area contributed by atoms with E-state index in [9.17, 15) is 13.2 Å². The molecule has 0 aliphatic heterocycles. The van der Waals surface area contributed by atoms with Crippen molar-refractivity contribution in [3.05, 3.63) is 77.5 Å². The molecule has 0 aliphatic carbocycles. The molecule has 190 valence electrons. The molecule has 0 saturated carbocycles. The number of nitrogens with zero attached hydrogens (tertiary/aromatic N) is 3. The zero-order chi connectivity index (χ0) is 25.9. The number of carbonyl (C=O) groups excluding carboxylic acids is 1. The second-order valence-electron chi connectivity index (χ2n) is 8.90. The van der Waals surface area contributed by atoms with Gasteiger partial charge in [-0.2, -0.15) is 5.10 Å². The van der Waals surface area contributed by atoms with E-state index in [1.807, 2.05) is 26.1 Å². The van der Waals surface area contributed by atoms with Crippen molar-refractivity contribution in [2.75, 3.05) is 6.61 Å². The molecule has 4 aromatic rings. The second kappa shape index (κ2) is 10.7. The van der Waals surface area contributed by atoms with Gasteiger partial charge in [-0.1, -0.05) is 24.6 Å². The summed E-state index contributed by atoms with van der Waals surface area (Å²) in [5.41, 5.74) is 2.85. The van der Waals surface area contributed by atoms with Gasteiger partial charge in [-0.25, -0.2) is 16.8 Å². The standard InChI is InChI=1S/C27H30FN3O4S/c1-4-22-12-13-30(29-22)14-15-35-27-16-24-21(7-5-6-20(3)32)18-31(26(24)17-25(27)28)36(33,34)23-10-8-19(2)9-11-23/h8-13,16-18H,4-7,14-15H2,1-3H3. The highest BCUT2D eigenvalue weighted by atomic mass is 32.2. The van der Waals surface area contributed by atoms with E-state index >= 15 is 4.39 Å². The van der Waals surface area contributed by atoms with Crippen LogP contribution in [0.5, 0.6) is 5.75 Å². The monoisotopic (exact) mass is 511 g/mol. The maximum Gasteiger partial charge on any atom is 0.268 e. The number of ether oxygens (including phenoxy) is 1. The molecule has 9 heteroatoms. The van der Waals surface area contributed by atoms with Gasteiger partial charge in [-0.3, -0.25) is 4.68 Å². The lowest BCUT2D eigenvalue weighted by molar-refractivity contribution is -0.117. The molecule has 2 aromatic carbocycles. The molecule has 0 fully saturated rings. The largest absolute Gasteiger partial charge is 0.489 e. The molecule has 0 amide bonds. The molecule has 7 nitrogen and oxygen atoms in total. The zero-order valence-corrected chi connectivity index (χ0v) is 21.5. The van der Waals surface area contributed by atoms with Crippen LogP contribution >= 0.6 is 0 Å². The third-order valence-corrected chi connectivity index (χ3v) is 7.78. The van der Waals surface area contributed by atoms with Crippen LogP contribution < -0.4 is 4.74 Å². The Morgan fingerprint density at radius 3 is 2.56 bits per heavy atom. The van der Waals surface area contributed by atoms with Gasteiger partial charge in [0.05, 0.1) is 22.7 Å². The minimum Gasteiger partial charge on any atom is -0.489 e. The number of halogens is 1. The number of rotatable bonds is 11. The number of hydrogen-bond acceptors (Lipinski definition) is 5. The lowest BCUT2D eigenvalue weighted by Gasteiger charge is -2.10. The molecule has 0 radical (unpaired) electrons. The van der Waals surface area contributed by atoms with Gasteiger partial charge < -0.3 is 9.53 Å². The molecule has 0 unspecified atom stereocenters. The zero-order valence-electron chi connectivity index (χ0n) is 20.7. The van der Waals surface area contributed by atoms with Crippen LogP contribution in [0.1, 0.15) is 43.5 Å². The van der Waals surface area contributed by atoms with Gasteiger partial charge in [0.25, 0.3) is 10.0 Å². The first-order valence-corrected chi connectivity index (χ1v) is 13.4. The SMILES string of the molecule is CCc1ccn(CCOc2cc3c(CCCC(C)=O)cn(S(=O)(=O)c4ccc(C)cc4)c3cc2F)n1. The minimum absolute atomic E-state index is 0.0451. The number of fused-ring (bicyclic) bond motifs is 1. The Balaban J connectivity index is 1.68. The molecule has 0 spiro atoms. The van der Waals surface area contributed by atoms with Crippen LogP contribution in [0.25, 0.3) is 10.9 Å². The first-order valence-electron chi connectivity index (χ1n) is 12.0. The minimum atomic E-state index is -3.96. The third-order valence-electron chi connectivity index (χ3n) is 6.10. The molecule has 0 saturated heterocycles. The van der Waals surface area contributed by atoms with Gasteiger partial charge in [0.2, 0.25) is 0 Å². The van der Waals surface area contributed by atoms with E-state index in [1.54, 1.807) is 35.0 Å². The molecule has 0 N–H and O–H groups in total.